The lowest BCUT2D eigenvalue weighted by atomic mass is 10.1. The zero-order chi connectivity index (χ0) is 14.8. The molecule has 2 aromatic rings. The van der Waals surface area contributed by atoms with E-state index < -0.39 is 0 Å². The van der Waals surface area contributed by atoms with Crippen LogP contribution in [0.1, 0.15) is 23.1 Å². The smallest absolute Gasteiger partial charge is 0.338 e. The summed E-state index contributed by atoms with van der Waals surface area (Å²) in [4.78, 5) is 13.8. The van der Waals surface area contributed by atoms with E-state index in [0.29, 0.717) is 24.4 Å². The third-order valence-corrected chi connectivity index (χ3v) is 3.52. The summed E-state index contributed by atoms with van der Waals surface area (Å²) < 4.78 is 7.00. The van der Waals surface area contributed by atoms with Crippen molar-refractivity contribution >= 4 is 17.3 Å². The largest absolute Gasteiger partial charge is 0.462 e. The van der Waals surface area contributed by atoms with E-state index in [1.54, 1.807) is 25.4 Å². The van der Waals surface area contributed by atoms with E-state index >= 15 is 0 Å². The van der Waals surface area contributed by atoms with Gasteiger partial charge < -0.3 is 19.9 Å². The number of anilines is 2. The summed E-state index contributed by atoms with van der Waals surface area (Å²) in [5.74, 6) is 0.559. The number of rotatable bonds is 3. The number of ether oxygens (including phenoxy) is 1. The molecular formula is C14H17N5O2. The molecule has 0 radical (unpaired) electrons. The highest BCUT2D eigenvalue weighted by molar-refractivity contribution is 5.92. The summed E-state index contributed by atoms with van der Waals surface area (Å²) in [5, 5.41) is 7.99. The predicted molar refractivity (Wildman–Crippen MR) is 77.9 cm³/mol. The predicted octanol–water partition coefficient (Wildman–Crippen LogP) is 1.06. The first kappa shape index (κ1) is 13.4. The molecule has 1 aromatic heterocycles. The van der Waals surface area contributed by atoms with Gasteiger partial charge in [-0.05, 0) is 25.1 Å². The molecular weight excluding hydrogens is 270 g/mol. The minimum absolute atomic E-state index is 0.349. The topological polar surface area (TPSA) is 86.3 Å². The van der Waals surface area contributed by atoms with E-state index in [2.05, 4.69) is 15.1 Å². The second kappa shape index (κ2) is 5.43. The van der Waals surface area contributed by atoms with Crippen LogP contribution in [-0.4, -0.2) is 33.9 Å². The average molecular weight is 287 g/mol. The third kappa shape index (κ3) is 2.54. The monoisotopic (exact) mass is 287 g/mol. The van der Waals surface area contributed by atoms with Crippen molar-refractivity contribution in [1.29, 1.82) is 0 Å². The fourth-order valence-corrected chi connectivity index (χ4v) is 2.46. The van der Waals surface area contributed by atoms with Gasteiger partial charge in [0, 0.05) is 13.1 Å². The summed E-state index contributed by atoms with van der Waals surface area (Å²) in [7, 11) is 0. The maximum absolute atomic E-state index is 11.7. The highest BCUT2D eigenvalue weighted by atomic mass is 16.5. The molecule has 0 saturated heterocycles. The van der Waals surface area contributed by atoms with Gasteiger partial charge in [-0.3, -0.25) is 0 Å². The molecule has 0 aliphatic carbocycles. The van der Waals surface area contributed by atoms with Crippen LogP contribution in [0.3, 0.4) is 0 Å². The van der Waals surface area contributed by atoms with Crippen molar-refractivity contribution in [3.63, 3.8) is 0 Å². The van der Waals surface area contributed by atoms with Gasteiger partial charge in [-0.15, -0.1) is 10.2 Å². The number of benzene rings is 1. The molecule has 1 aliphatic rings. The lowest BCUT2D eigenvalue weighted by Gasteiger charge is -2.30. The van der Waals surface area contributed by atoms with Crippen LogP contribution >= 0.6 is 0 Å². The lowest BCUT2D eigenvalue weighted by molar-refractivity contribution is 0.0526. The molecule has 0 unspecified atom stereocenters. The fraction of sp³-hybridized carbons (Fsp3) is 0.357. The van der Waals surface area contributed by atoms with E-state index in [1.807, 2.05) is 10.6 Å². The van der Waals surface area contributed by atoms with Crippen LogP contribution in [0.4, 0.5) is 11.4 Å². The first-order valence-corrected chi connectivity index (χ1v) is 6.87. The molecule has 21 heavy (non-hydrogen) atoms. The van der Waals surface area contributed by atoms with E-state index in [4.69, 9.17) is 10.5 Å². The SMILES string of the molecule is CCOC(=O)c1ccc(N2CCn3cnnc3C2)c(N)c1. The lowest BCUT2D eigenvalue weighted by Crippen LogP contribution is -2.34. The maximum atomic E-state index is 11.7. The molecule has 2 N–H and O–H groups in total. The summed E-state index contributed by atoms with van der Waals surface area (Å²) >= 11 is 0. The molecule has 110 valence electrons. The summed E-state index contributed by atoms with van der Waals surface area (Å²) in [6, 6.07) is 5.25. The number of hydrogen-bond donors (Lipinski definition) is 1. The van der Waals surface area contributed by atoms with Gasteiger partial charge in [0.05, 0.1) is 30.1 Å². The second-order valence-electron chi connectivity index (χ2n) is 4.86. The van der Waals surface area contributed by atoms with E-state index in [9.17, 15) is 4.79 Å². The van der Waals surface area contributed by atoms with E-state index in [-0.39, 0.29) is 5.97 Å². The van der Waals surface area contributed by atoms with Crippen molar-refractivity contribution in [3.05, 3.63) is 35.9 Å². The first-order valence-electron chi connectivity index (χ1n) is 6.87. The van der Waals surface area contributed by atoms with Gasteiger partial charge in [-0.1, -0.05) is 0 Å². The quantitative estimate of drug-likeness (QED) is 0.671. The Labute approximate surface area is 122 Å². The molecule has 0 fully saturated rings. The van der Waals surface area contributed by atoms with Crippen molar-refractivity contribution in [2.45, 2.75) is 20.0 Å². The van der Waals surface area contributed by atoms with Crippen LogP contribution in [-0.2, 0) is 17.8 Å². The zero-order valence-electron chi connectivity index (χ0n) is 11.8. The molecule has 0 amide bonds. The van der Waals surface area contributed by atoms with Crippen LogP contribution in [0, 0.1) is 0 Å². The number of carbonyl (C=O) groups is 1. The minimum atomic E-state index is -0.353. The zero-order valence-corrected chi connectivity index (χ0v) is 11.8. The third-order valence-electron chi connectivity index (χ3n) is 3.52. The van der Waals surface area contributed by atoms with Gasteiger partial charge in [-0.25, -0.2) is 4.79 Å². The fourth-order valence-electron chi connectivity index (χ4n) is 2.46. The Kier molecular flexibility index (Phi) is 3.47. The molecule has 3 rings (SSSR count). The summed E-state index contributed by atoms with van der Waals surface area (Å²) in [6.45, 7) is 4.43. The summed E-state index contributed by atoms with van der Waals surface area (Å²) in [5.41, 5.74) is 8.02. The molecule has 1 aromatic carbocycles. The Morgan fingerprint density at radius 1 is 1.43 bits per heavy atom. The first-order chi connectivity index (χ1) is 10.2. The van der Waals surface area contributed by atoms with Gasteiger partial charge >= 0.3 is 5.97 Å². The highest BCUT2D eigenvalue weighted by Crippen LogP contribution is 2.27. The average Bonchev–Trinajstić information content (AvgIpc) is 2.94. The van der Waals surface area contributed by atoms with Crippen molar-refractivity contribution in [1.82, 2.24) is 14.8 Å². The number of nitrogens with two attached hydrogens (primary N) is 1. The Balaban J connectivity index is 1.82. The molecule has 2 heterocycles. The number of aromatic nitrogens is 3. The van der Waals surface area contributed by atoms with Crippen molar-refractivity contribution < 1.29 is 9.53 Å². The minimum Gasteiger partial charge on any atom is -0.462 e. The standard InChI is InChI=1S/C14H17N5O2/c1-2-21-14(20)10-3-4-12(11(15)7-10)18-5-6-19-9-16-17-13(19)8-18/h3-4,7,9H,2,5-6,8,15H2,1H3. The van der Waals surface area contributed by atoms with Gasteiger partial charge in [0.15, 0.2) is 5.82 Å². The van der Waals surface area contributed by atoms with Gasteiger partial charge in [0.25, 0.3) is 0 Å². The van der Waals surface area contributed by atoms with Crippen molar-refractivity contribution in [3.8, 4) is 0 Å². The number of fused-ring (bicyclic) bond motifs is 1. The molecule has 1 aliphatic heterocycles. The van der Waals surface area contributed by atoms with Gasteiger partial charge in [0.1, 0.15) is 6.33 Å². The molecule has 0 bridgehead atoms. The molecule has 7 heteroatoms. The molecule has 0 saturated carbocycles. The summed E-state index contributed by atoms with van der Waals surface area (Å²) in [6.07, 6.45) is 1.74. The second-order valence-corrected chi connectivity index (χ2v) is 4.86. The normalized spacial score (nSPS) is 13.9. The van der Waals surface area contributed by atoms with Crippen LogP contribution in [0.25, 0.3) is 0 Å². The van der Waals surface area contributed by atoms with Gasteiger partial charge in [-0.2, -0.15) is 0 Å². The number of esters is 1. The number of nitrogen functional groups attached to an aromatic ring is 1. The molecule has 7 nitrogen and oxygen atoms in total. The molecule has 0 spiro atoms. The Morgan fingerprint density at radius 3 is 3.05 bits per heavy atom. The Morgan fingerprint density at radius 2 is 2.29 bits per heavy atom. The van der Waals surface area contributed by atoms with E-state index in [0.717, 1.165) is 24.6 Å². The maximum Gasteiger partial charge on any atom is 0.338 e. The Hall–Kier alpha value is -2.57. The van der Waals surface area contributed by atoms with Crippen molar-refractivity contribution in [2.75, 3.05) is 23.8 Å². The van der Waals surface area contributed by atoms with Gasteiger partial charge in [0.2, 0.25) is 0 Å². The number of hydrogen-bond acceptors (Lipinski definition) is 6. The van der Waals surface area contributed by atoms with Crippen LogP contribution in [0.2, 0.25) is 0 Å². The molecule has 0 atom stereocenters. The van der Waals surface area contributed by atoms with Crippen LogP contribution in [0.15, 0.2) is 24.5 Å². The van der Waals surface area contributed by atoms with Crippen molar-refractivity contribution in [2.24, 2.45) is 0 Å². The number of nitrogens with zero attached hydrogens (tertiary/aromatic N) is 4. The number of carbonyl (C=O) groups excluding carboxylic acids is 1. The Bertz CT molecular complexity index is 667. The van der Waals surface area contributed by atoms with Crippen LogP contribution < -0.4 is 10.6 Å². The van der Waals surface area contributed by atoms with Crippen LogP contribution in [0.5, 0.6) is 0 Å². The van der Waals surface area contributed by atoms with E-state index in [1.165, 1.54) is 0 Å². The highest BCUT2D eigenvalue weighted by Gasteiger charge is 2.20.